The highest BCUT2D eigenvalue weighted by molar-refractivity contribution is 5.43. The number of aliphatic hydroxyl groups is 1. The lowest BCUT2D eigenvalue weighted by Crippen LogP contribution is -2.22. The molecule has 2 N–H and O–H groups in total. The predicted octanol–water partition coefficient (Wildman–Crippen LogP) is 1.76. The van der Waals surface area contributed by atoms with Gasteiger partial charge in [-0.3, -0.25) is 0 Å². The van der Waals surface area contributed by atoms with E-state index < -0.39 is 0 Å². The smallest absolute Gasteiger partial charge is 0.224 e. The molecule has 1 atom stereocenters. The Kier molecular flexibility index (Phi) is 4.78. The normalized spacial score (nSPS) is 21.6. The van der Waals surface area contributed by atoms with Gasteiger partial charge in [-0.2, -0.15) is 4.98 Å². The van der Waals surface area contributed by atoms with Crippen molar-refractivity contribution in [2.45, 2.75) is 57.2 Å². The summed E-state index contributed by atoms with van der Waals surface area (Å²) in [7, 11) is 0. The van der Waals surface area contributed by atoms with Gasteiger partial charge < -0.3 is 19.9 Å². The molecule has 2 aliphatic rings. The number of nitrogens with zero attached hydrogens (tertiary/aromatic N) is 6. The van der Waals surface area contributed by atoms with E-state index in [-0.39, 0.29) is 6.10 Å². The summed E-state index contributed by atoms with van der Waals surface area (Å²) in [6, 6.07) is 2.40. The first-order valence-electron chi connectivity index (χ1n) is 9.18. The molecule has 0 bridgehead atoms. The van der Waals surface area contributed by atoms with Crippen molar-refractivity contribution in [1.29, 1.82) is 0 Å². The van der Waals surface area contributed by atoms with E-state index >= 15 is 0 Å². The van der Waals surface area contributed by atoms with E-state index in [1.807, 2.05) is 12.4 Å². The summed E-state index contributed by atoms with van der Waals surface area (Å²) in [5.41, 5.74) is 0. The van der Waals surface area contributed by atoms with Crippen LogP contribution in [0.2, 0.25) is 0 Å². The van der Waals surface area contributed by atoms with Gasteiger partial charge in [-0.1, -0.05) is 19.3 Å². The lowest BCUT2D eigenvalue weighted by molar-refractivity contribution is 0.198. The number of anilines is 2. The summed E-state index contributed by atoms with van der Waals surface area (Å²) < 4.78 is 2.20. The number of β-amino-alcohol motifs (C(OH)–C–C–N with tert-alkyl or cyclic N) is 1. The molecule has 134 valence electrons. The fraction of sp³-hybridized carbons (Fsp3) is 0.647. The van der Waals surface area contributed by atoms with E-state index in [4.69, 9.17) is 0 Å². The van der Waals surface area contributed by atoms with Crippen LogP contribution in [0.3, 0.4) is 0 Å². The molecular formula is C17H25N7O. The Morgan fingerprint density at radius 2 is 2.08 bits per heavy atom. The van der Waals surface area contributed by atoms with Gasteiger partial charge in [-0.15, -0.1) is 10.2 Å². The van der Waals surface area contributed by atoms with Crippen LogP contribution in [0, 0.1) is 0 Å². The van der Waals surface area contributed by atoms with Crippen molar-refractivity contribution in [3.05, 3.63) is 24.4 Å². The maximum absolute atomic E-state index is 9.69. The van der Waals surface area contributed by atoms with E-state index in [1.165, 1.54) is 32.1 Å². The largest absolute Gasteiger partial charge is 0.391 e. The Morgan fingerprint density at radius 3 is 2.88 bits per heavy atom. The van der Waals surface area contributed by atoms with Crippen molar-refractivity contribution < 1.29 is 5.11 Å². The average Bonchev–Trinajstić information content (AvgIpc) is 3.30. The number of aliphatic hydroxyl groups excluding tert-OH is 1. The summed E-state index contributed by atoms with van der Waals surface area (Å²) in [6.07, 6.45) is 10.4. The molecule has 0 radical (unpaired) electrons. The van der Waals surface area contributed by atoms with Crippen LogP contribution in [-0.2, 0) is 6.54 Å². The fourth-order valence-electron chi connectivity index (χ4n) is 3.78. The van der Waals surface area contributed by atoms with Crippen LogP contribution >= 0.6 is 0 Å². The van der Waals surface area contributed by atoms with Crippen LogP contribution in [0.15, 0.2) is 18.6 Å². The monoisotopic (exact) mass is 343 g/mol. The quantitative estimate of drug-likeness (QED) is 0.854. The average molecular weight is 343 g/mol. The Hall–Kier alpha value is -2.22. The van der Waals surface area contributed by atoms with Gasteiger partial charge in [-0.05, 0) is 25.3 Å². The maximum atomic E-state index is 9.69. The van der Waals surface area contributed by atoms with Gasteiger partial charge >= 0.3 is 0 Å². The molecule has 1 saturated heterocycles. The molecule has 0 spiro atoms. The number of nitrogens with one attached hydrogen (secondary N) is 1. The third-order valence-electron chi connectivity index (χ3n) is 5.15. The van der Waals surface area contributed by atoms with Crippen molar-refractivity contribution in [2.24, 2.45) is 0 Å². The van der Waals surface area contributed by atoms with Crippen molar-refractivity contribution >= 4 is 11.8 Å². The summed E-state index contributed by atoms with van der Waals surface area (Å²) in [6.45, 7) is 2.02. The Balaban J connectivity index is 1.41. The molecule has 4 rings (SSSR count). The molecule has 2 aromatic rings. The molecule has 1 unspecified atom stereocenters. The first kappa shape index (κ1) is 16.3. The van der Waals surface area contributed by atoms with Crippen LogP contribution in [0.1, 0.15) is 50.4 Å². The molecule has 2 aromatic heterocycles. The molecule has 1 aliphatic carbocycles. The van der Waals surface area contributed by atoms with Crippen molar-refractivity contribution in [1.82, 2.24) is 24.7 Å². The summed E-state index contributed by atoms with van der Waals surface area (Å²) >= 11 is 0. The minimum absolute atomic E-state index is 0.264. The molecule has 8 heteroatoms. The number of aromatic nitrogens is 5. The number of hydrogen-bond acceptors (Lipinski definition) is 7. The van der Waals surface area contributed by atoms with Crippen LogP contribution < -0.4 is 10.2 Å². The van der Waals surface area contributed by atoms with Crippen LogP contribution in [0.4, 0.5) is 11.8 Å². The highest BCUT2D eigenvalue weighted by Gasteiger charge is 2.22. The minimum atomic E-state index is -0.264. The second-order valence-electron chi connectivity index (χ2n) is 6.93. The molecule has 0 amide bonds. The molecule has 1 aliphatic heterocycles. The van der Waals surface area contributed by atoms with Gasteiger partial charge in [0.2, 0.25) is 5.95 Å². The van der Waals surface area contributed by atoms with E-state index in [0.717, 1.165) is 24.6 Å². The SMILES string of the molecule is OC1CCN(c2ccnc(NCc3nncn3C3CCCCC3)n2)C1. The second-order valence-corrected chi connectivity index (χ2v) is 6.93. The lowest BCUT2D eigenvalue weighted by atomic mass is 9.95. The van der Waals surface area contributed by atoms with Gasteiger partial charge in [0.1, 0.15) is 12.1 Å². The Morgan fingerprint density at radius 1 is 1.20 bits per heavy atom. The van der Waals surface area contributed by atoms with Gasteiger partial charge in [-0.25, -0.2) is 4.98 Å². The topological polar surface area (TPSA) is 92.0 Å². The van der Waals surface area contributed by atoms with Gasteiger partial charge in [0.25, 0.3) is 0 Å². The van der Waals surface area contributed by atoms with Crippen LogP contribution in [-0.4, -0.2) is 49.0 Å². The maximum Gasteiger partial charge on any atom is 0.224 e. The first-order chi connectivity index (χ1) is 12.3. The molecule has 25 heavy (non-hydrogen) atoms. The zero-order valence-electron chi connectivity index (χ0n) is 14.4. The highest BCUT2D eigenvalue weighted by Crippen LogP contribution is 2.28. The van der Waals surface area contributed by atoms with Crippen molar-refractivity contribution in [3.63, 3.8) is 0 Å². The minimum Gasteiger partial charge on any atom is -0.391 e. The zero-order chi connectivity index (χ0) is 17.1. The van der Waals surface area contributed by atoms with Crippen LogP contribution in [0.25, 0.3) is 0 Å². The Labute approximate surface area is 147 Å². The lowest BCUT2D eigenvalue weighted by Gasteiger charge is -2.24. The number of rotatable bonds is 5. The van der Waals surface area contributed by atoms with Crippen molar-refractivity contribution in [2.75, 3.05) is 23.3 Å². The summed E-state index contributed by atoms with van der Waals surface area (Å²) in [5, 5.41) is 21.3. The number of hydrogen-bond donors (Lipinski definition) is 2. The molecular weight excluding hydrogens is 318 g/mol. The summed E-state index contributed by atoms with van der Waals surface area (Å²) in [5.74, 6) is 2.36. The predicted molar refractivity (Wildman–Crippen MR) is 94.3 cm³/mol. The van der Waals surface area contributed by atoms with Crippen molar-refractivity contribution in [3.8, 4) is 0 Å². The fourth-order valence-corrected chi connectivity index (χ4v) is 3.78. The van der Waals surface area contributed by atoms with Gasteiger partial charge in [0, 0.05) is 25.3 Å². The first-order valence-corrected chi connectivity index (χ1v) is 9.18. The zero-order valence-corrected chi connectivity index (χ0v) is 14.4. The molecule has 1 saturated carbocycles. The van der Waals surface area contributed by atoms with Crippen LogP contribution in [0.5, 0.6) is 0 Å². The molecule has 8 nitrogen and oxygen atoms in total. The Bertz CT molecular complexity index is 698. The molecule has 3 heterocycles. The third kappa shape index (κ3) is 3.73. The standard InChI is InChI=1S/C17H25N7O/c25-14-7-9-23(11-14)15-6-8-18-17(21-15)19-10-16-22-20-12-24(16)13-4-2-1-3-5-13/h6,8,12-14,25H,1-5,7,9-11H2,(H,18,19,21). The molecule has 2 fully saturated rings. The third-order valence-corrected chi connectivity index (χ3v) is 5.15. The van der Waals surface area contributed by atoms with E-state index in [9.17, 15) is 5.11 Å². The molecule has 0 aromatic carbocycles. The summed E-state index contributed by atoms with van der Waals surface area (Å²) in [4.78, 5) is 11.0. The van der Waals surface area contributed by atoms with Gasteiger partial charge in [0.05, 0.1) is 12.6 Å². The van der Waals surface area contributed by atoms with E-state index in [2.05, 4.69) is 34.9 Å². The highest BCUT2D eigenvalue weighted by atomic mass is 16.3. The second kappa shape index (κ2) is 7.35. The van der Waals surface area contributed by atoms with E-state index in [0.29, 0.717) is 25.1 Å². The van der Waals surface area contributed by atoms with Gasteiger partial charge in [0.15, 0.2) is 5.82 Å². The van der Waals surface area contributed by atoms with E-state index in [1.54, 1.807) is 6.20 Å².